The highest BCUT2D eigenvalue weighted by Crippen LogP contribution is 2.45. The van der Waals surface area contributed by atoms with Gasteiger partial charge in [0.2, 0.25) is 0 Å². The lowest BCUT2D eigenvalue weighted by molar-refractivity contribution is 1.06. The first-order valence-corrected chi connectivity index (χ1v) is 38.4. The predicted molar refractivity (Wildman–Crippen MR) is 465 cm³/mol. The maximum Gasteiger partial charge on any atom is 0.166 e. The summed E-state index contributed by atoms with van der Waals surface area (Å²) < 4.78 is 4.86. The zero-order valence-corrected chi connectivity index (χ0v) is 63.8. The Morgan fingerprint density at radius 3 is 0.821 bits per heavy atom. The van der Waals surface area contributed by atoms with Crippen molar-refractivity contribution in [2.24, 2.45) is 0 Å². The summed E-state index contributed by atoms with van der Waals surface area (Å²) in [6, 6.07) is 119. The van der Waals surface area contributed by atoms with Crippen molar-refractivity contribution >= 4 is 43.6 Å². The molecule has 19 rings (SSSR count). The quantitative estimate of drug-likeness (QED) is 0.108. The van der Waals surface area contributed by atoms with Crippen molar-refractivity contribution in [2.75, 3.05) is 0 Å². The Labute approximate surface area is 652 Å². The van der Waals surface area contributed by atoms with Gasteiger partial charge in [-0.1, -0.05) is 265 Å². The first-order valence-electron chi connectivity index (χ1n) is 38.4. The van der Waals surface area contributed by atoms with Gasteiger partial charge in [-0.05, 0) is 229 Å². The predicted octanol–water partition coefficient (Wildman–Crippen LogP) is 26.7. The largest absolute Gasteiger partial charge is 0.309 e. The van der Waals surface area contributed by atoms with Crippen LogP contribution in [0.3, 0.4) is 0 Å². The molecule has 0 aliphatic carbocycles. The molecule has 0 saturated carbocycles. The molecule has 15 aromatic carbocycles. The molecule has 0 N–H and O–H groups in total. The minimum Gasteiger partial charge on any atom is -0.309 e. The summed E-state index contributed by atoms with van der Waals surface area (Å²) in [6.45, 7) is 17.5. The number of benzene rings is 15. The number of hydrogen-bond acceptors (Lipinski definition) is 6. The van der Waals surface area contributed by atoms with Gasteiger partial charge in [0.15, 0.2) is 34.9 Å². The lowest BCUT2D eigenvalue weighted by atomic mass is 9.95. The van der Waals surface area contributed by atoms with Crippen molar-refractivity contribution in [3.05, 3.63) is 372 Å². The van der Waals surface area contributed by atoms with Gasteiger partial charge in [0.25, 0.3) is 0 Å². The number of aromatic nitrogens is 8. The lowest BCUT2D eigenvalue weighted by Crippen LogP contribution is -2.04. The van der Waals surface area contributed by atoms with Crippen molar-refractivity contribution < 1.29 is 0 Å². The fourth-order valence-corrected chi connectivity index (χ4v) is 16.7. The van der Waals surface area contributed by atoms with Crippen LogP contribution in [0.25, 0.3) is 190 Å². The molecule has 0 fully saturated rings. The lowest BCUT2D eigenvalue weighted by Gasteiger charge is -2.17. The van der Waals surface area contributed by atoms with Crippen LogP contribution in [-0.2, 0) is 0 Å². The van der Waals surface area contributed by atoms with Gasteiger partial charge in [-0.25, -0.2) is 29.9 Å². The van der Waals surface area contributed by atoms with E-state index in [0.29, 0.717) is 34.9 Å². The molecule has 0 spiro atoms. The van der Waals surface area contributed by atoms with E-state index in [1.165, 1.54) is 77.9 Å². The molecule has 19 aromatic rings. The summed E-state index contributed by atoms with van der Waals surface area (Å²) in [7, 11) is 0. The van der Waals surface area contributed by atoms with Crippen LogP contribution in [0.2, 0.25) is 0 Å². The standard InChI is InChI=1S/C104H78N8/c1-63-32-41-85(67(5)50-63)78-37-46-94-89(59-78)90-60-79(86-42-33-64(2)51-68(86)6)38-47-95(90)111(94)84-56-82(55-83(57-84)103-107-99(71-22-13-9-14-23-71)105-100(108-103)72-24-15-10-16-25-72)76-31-21-30-75(54-76)77-36-45-98(93(58-77)104-109-101(73-26-17-11-18-27-73)106-102(110-104)74-28-19-12-20-29-74)112-96-48-39-80(87-43-34-65(3)52-69(87)7)61-91(96)92-62-81(40-49-97(92)112)88-44-35-66(4)53-70(88)8/h9-62H,1-8H3. The average Bonchev–Trinajstić information content (AvgIpc) is 1.57. The van der Waals surface area contributed by atoms with Gasteiger partial charge in [0, 0.05) is 60.6 Å². The van der Waals surface area contributed by atoms with Crippen LogP contribution >= 0.6 is 0 Å². The number of fused-ring (bicyclic) bond motifs is 6. The maximum absolute atomic E-state index is 5.54. The van der Waals surface area contributed by atoms with E-state index in [9.17, 15) is 0 Å². The first kappa shape index (κ1) is 68.5. The minimum atomic E-state index is 0.544. The number of nitrogens with zero attached hydrogens (tertiary/aromatic N) is 8. The van der Waals surface area contributed by atoms with E-state index in [1.807, 2.05) is 72.8 Å². The van der Waals surface area contributed by atoms with Gasteiger partial charge in [-0.15, -0.1) is 0 Å². The van der Waals surface area contributed by atoms with E-state index in [-0.39, 0.29) is 0 Å². The summed E-state index contributed by atoms with van der Waals surface area (Å²) >= 11 is 0. The molecular formula is C104H78N8. The van der Waals surface area contributed by atoms with E-state index in [2.05, 4.69) is 319 Å². The SMILES string of the molecule is Cc1ccc(-c2ccc3c(c2)c2cc(-c4ccc(C)cc4C)ccc2n3-c2cc(-c3cccc(-c4ccc(-n5c6ccc(-c7ccc(C)cc7C)cc6c6cc(-c7ccc(C)cc7C)ccc65)c(-c5nc(-c6ccccc6)nc(-c6ccccc6)n5)c4)c3)cc(-c3nc(-c4ccccc4)nc(-c4ccccc4)n3)c2)c(C)c1. The third kappa shape index (κ3) is 12.7. The summed E-state index contributed by atoms with van der Waals surface area (Å²) in [5, 5.41) is 4.59. The molecule has 8 heteroatoms. The molecule has 4 heterocycles. The third-order valence-corrected chi connectivity index (χ3v) is 22.1. The maximum atomic E-state index is 5.54. The van der Waals surface area contributed by atoms with Gasteiger partial charge in [0.05, 0.1) is 27.8 Å². The summed E-state index contributed by atoms with van der Waals surface area (Å²) in [5.41, 5.74) is 34.7. The van der Waals surface area contributed by atoms with Crippen LogP contribution in [0, 0.1) is 55.4 Å². The zero-order valence-electron chi connectivity index (χ0n) is 63.8. The Morgan fingerprint density at radius 2 is 0.464 bits per heavy atom. The van der Waals surface area contributed by atoms with E-state index in [4.69, 9.17) is 29.9 Å². The number of hydrogen-bond donors (Lipinski definition) is 0. The fourth-order valence-electron chi connectivity index (χ4n) is 16.7. The van der Waals surface area contributed by atoms with Crippen molar-refractivity contribution in [3.8, 4) is 146 Å². The van der Waals surface area contributed by atoms with Crippen molar-refractivity contribution in [3.63, 3.8) is 0 Å². The third-order valence-electron chi connectivity index (χ3n) is 22.1. The molecule has 0 aliphatic rings. The van der Waals surface area contributed by atoms with Gasteiger partial charge >= 0.3 is 0 Å². The molecule has 0 unspecified atom stereocenters. The van der Waals surface area contributed by atoms with E-state index < -0.39 is 0 Å². The second-order valence-electron chi connectivity index (χ2n) is 30.0. The normalized spacial score (nSPS) is 11.6. The monoisotopic (exact) mass is 1440 g/mol. The molecule has 112 heavy (non-hydrogen) atoms. The number of aryl methyl sites for hydroxylation is 8. The molecule has 0 amide bonds. The highest BCUT2D eigenvalue weighted by Gasteiger charge is 2.25. The van der Waals surface area contributed by atoms with Gasteiger partial charge < -0.3 is 9.13 Å². The van der Waals surface area contributed by atoms with Crippen LogP contribution in [0.5, 0.6) is 0 Å². The van der Waals surface area contributed by atoms with E-state index in [0.717, 1.165) is 122 Å². The fraction of sp³-hybridized carbons (Fsp3) is 0.0769. The summed E-state index contributed by atoms with van der Waals surface area (Å²) in [4.78, 5) is 32.4. The number of rotatable bonds is 14. The summed E-state index contributed by atoms with van der Waals surface area (Å²) in [5.74, 6) is 3.42. The molecule has 0 aliphatic heterocycles. The van der Waals surface area contributed by atoms with Crippen molar-refractivity contribution in [1.82, 2.24) is 39.0 Å². The molecule has 0 atom stereocenters. The van der Waals surface area contributed by atoms with Crippen LogP contribution in [0.15, 0.2) is 328 Å². The van der Waals surface area contributed by atoms with Crippen LogP contribution in [0.4, 0.5) is 0 Å². The molecule has 4 aromatic heterocycles. The average molecular weight is 1440 g/mol. The Bertz CT molecular complexity index is 6620. The second-order valence-corrected chi connectivity index (χ2v) is 30.0. The van der Waals surface area contributed by atoms with Crippen LogP contribution in [-0.4, -0.2) is 39.0 Å². The van der Waals surface area contributed by atoms with Gasteiger partial charge in [0.1, 0.15) is 0 Å². The zero-order chi connectivity index (χ0) is 75.8. The highest BCUT2D eigenvalue weighted by molar-refractivity contribution is 6.14. The van der Waals surface area contributed by atoms with Crippen LogP contribution in [0.1, 0.15) is 44.5 Å². The first-order chi connectivity index (χ1) is 54.7. The minimum absolute atomic E-state index is 0.544. The van der Waals surface area contributed by atoms with Crippen LogP contribution < -0.4 is 0 Å². The van der Waals surface area contributed by atoms with Gasteiger partial charge in [-0.3, -0.25) is 0 Å². The topological polar surface area (TPSA) is 87.2 Å². The van der Waals surface area contributed by atoms with E-state index in [1.54, 1.807) is 0 Å². The second kappa shape index (κ2) is 28.2. The molecule has 0 bridgehead atoms. The van der Waals surface area contributed by atoms with Gasteiger partial charge in [-0.2, -0.15) is 0 Å². The molecule has 0 radical (unpaired) electrons. The Hall–Kier alpha value is -14.1. The molecule has 8 nitrogen and oxygen atoms in total. The Kier molecular flexibility index (Phi) is 17.2. The van der Waals surface area contributed by atoms with E-state index >= 15 is 0 Å². The molecule has 0 saturated heterocycles. The Balaban J connectivity index is 0.844. The highest BCUT2D eigenvalue weighted by atomic mass is 15.1. The van der Waals surface area contributed by atoms with Crippen molar-refractivity contribution in [2.45, 2.75) is 55.4 Å². The molecule has 534 valence electrons. The van der Waals surface area contributed by atoms with Crippen molar-refractivity contribution in [1.29, 1.82) is 0 Å². The summed E-state index contributed by atoms with van der Waals surface area (Å²) in [6.07, 6.45) is 0. The molecular weight excluding hydrogens is 1360 g/mol. The smallest absolute Gasteiger partial charge is 0.166 e. The Morgan fingerprint density at radius 1 is 0.179 bits per heavy atom.